The van der Waals surface area contributed by atoms with Gasteiger partial charge in [0, 0.05) is 13.1 Å². The van der Waals surface area contributed by atoms with E-state index < -0.39 is 17.7 Å². The maximum atomic E-state index is 15.1. The van der Waals surface area contributed by atoms with E-state index in [0.29, 0.717) is 43.7 Å². The Morgan fingerprint density at radius 2 is 2.03 bits per heavy atom. The predicted octanol–water partition coefficient (Wildman–Crippen LogP) is 1.01. The monoisotopic (exact) mass is 440 g/mol. The fourth-order valence-electron chi connectivity index (χ4n) is 3.82. The predicted molar refractivity (Wildman–Crippen MR) is 113 cm³/mol. The first-order valence-corrected chi connectivity index (χ1v) is 10.5. The van der Waals surface area contributed by atoms with Crippen LogP contribution in [-0.4, -0.2) is 66.2 Å². The Hall–Kier alpha value is -2.66. The van der Waals surface area contributed by atoms with Gasteiger partial charge in [0.2, 0.25) is 12.3 Å². The van der Waals surface area contributed by atoms with Crippen LogP contribution in [0.5, 0.6) is 0 Å². The third-order valence-corrected chi connectivity index (χ3v) is 5.44. The molecule has 1 saturated carbocycles. The highest BCUT2D eigenvalue weighted by molar-refractivity contribution is 5.80. The van der Waals surface area contributed by atoms with E-state index in [0.717, 1.165) is 25.7 Å². The second-order valence-electron chi connectivity index (χ2n) is 7.89. The van der Waals surface area contributed by atoms with Crippen LogP contribution in [-0.2, 0) is 14.3 Å². The second kappa shape index (κ2) is 12.3. The Morgan fingerprint density at radius 3 is 2.61 bits per heavy atom. The third kappa shape index (κ3) is 7.83. The Labute approximate surface area is 181 Å². The number of nitrogens with zero attached hydrogens (tertiary/aromatic N) is 3. The van der Waals surface area contributed by atoms with Gasteiger partial charge < -0.3 is 15.4 Å². The van der Waals surface area contributed by atoms with Gasteiger partial charge in [-0.15, -0.1) is 0 Å². The largest absolute Gasteiger partial charge is 0.387 e. The molecule has 0 spiro atoms. The van der Waals surface area contributed by atoms with E-state index in [1.165, 1.54) is 6.92 Å². The van der Waals surface area contributed by atoms with Gasteiger partial charge in [0.1, 0.15) is 0 Å². The van der Waals surface area contributed by atoms with Gasteiger partial charge in [0.05, 0.1) is 37.2 Å². The lowest BCUT2D eigenvalue weighted by molar-refractivity contribution is -0.155. The van der Waals surface area contributed by atoms with Crippen molar-refractivity contribution in [3.63, 3.8) is 0 Å². The van der Waals surface area contributed by atoms with Crippen molar-refractivity contribution < 1.29 is 23.9 Å². The van der Waals surface area contributed by atoms with Gasteiger partial charge in [-0.05, 0) is 19.3 Å². The smallest absolute Gasteiger partial charge is 0.243 e. The molecule has 2 amide bonds. The number of carbonyl (C=O) groups is 2. The summed E-state index contributed by atoms with van der Waals surface area (Å²) in [5.41, 5.74) is 10.7. The standard InChI is InChI=1S/C20H33FN6O4/c1-14(26-7-9-31-10-8-26)18(21)19(23-15(2)22)24-25-20(29)17(12-27(30)13-28)11-16-5-3-4-6-16/h13,16-17,24,30H,1,3-12H2,2H3,(H2,22,23)(H,25,29)/b19-18-/t17-/m1/s1. The number of aliphatic imine (C=N–C) groups is 1. The summed E-state index contributed by atoms with van der Waals surface area (Å²) in [6, 6.07) is 0. The highest BCUT2D eigenvalue weighted by Gasteiger charge is 2.27. The molecule has 1 saturated heterocycles. The molecule has 11 heteroatoms. The molecule has 1 aliphatic carbocycles. The number of halogens is 1. The lowest BCUT2D eigenvalue weighted by Crippen LogP contribution is -2.45. The SMILES string of the molecule is C=C(/C(F)=C(\N=C(\C)N)NNC(=O)[C@H](CC1CCCC1)CN(O)C=O)N1CCOCC1. The molecule has 31 heavy (non-hydrogen) atoms. The summed E-state index contributed by atoms with van der Waals surface area (Å²) in [6.45, 7) is 7.01. The minimum absolute atomic E-state index is 0.0895. The van der Waals surface area contributed by atoms with E-state index in [4.69, 9.17) is 10.5 Å². The highest BCUT2D eigenvalue weighted by Crippen LogP contribution is 2.30. The van der Waals surface area contributed by atoms with Crippen molar-refractivity contribution in [2.45, 2.75) is 39.0 Å². The Kier molecular flexibility index (Phi) is 9.73. The van der Waals surface area contributed by atoms with Crippen molar-refractivity contribution in [3.8, 4) is 0 Å². The van der Waals surface area contributed by atoms with Crippen LogP contribution in [0.25, 0.3) is 0 Å². The molecule has 5 N–H and O–H groups in total. The molecule has 10 nitrogen and oxygen atoms in total. The van der Waals surface area contributed by atoms with Crippen molar-refractivity contribution >= 4 is 18.2 Å². The molecule has 2 aliphatic rings. The molecule has 1 heterocycles. The number of hydrogen-bond acceptors (Lipinski definition) is 7. The summed E-state index contributed by atoms with van der Waals surface area (Å²) in [7, 11) is 0. The van der Waals surface area contributed by atoms with Crippen LogP contribution in [0.1, 0.15) is 39.0 Å². The highest BCUT2D eigenvalue weighted by atomic mass is 19.1. The first kappa shape index (κ1) is 24.6. The first-order chi connectivity index (χ1) is 14.8. The second-order valence-corrected chi connectivity index (χ2v) is 7.89. The molecular weight excluding hydrogens is 407 g/mol. The van der Waals surface area contributed by atoms with Crippen molar-refractivity contribution in [1.29, 1.82) is 0 Å². The average Bonchev–Trinajstić information content (AvgIpc) is 3.28. The molecule has 0 aromatic carbocycles. The molecule has 0 unspecified atom stereocenters. The molecule has 2 fully saturated rings. The van der Waals surface area contributed by atoms with Crippen molar-refractivity contribution in [1.82, 2.24) is 20.8 Å². The van der Waals surface area contributed by atoms with Gasteiger partial charge in [-0.2, -0.15) is 0 Å². The average molecular weight is 441 g/mol. The lowest BCUT2D eigenvalue weighted by Gasteiger charge is -2.30. The van der Waals surface area contributed by atoms with Gasteiger partial charge in [0.25, 0.3) is 0 Å². The summed E-state index contributed by atoms with van der Waals surface area (Å²) in [5.74, 6) is -1.75. The van der Waals surface area contributed by atoms with E-state index in [2.05, 4.69) is 22.4 Å². The maximum absolute atomic E-state index is 15.1. The molecule has 1 aliphatic heterocycles. The fraction of sp³-hybridized carbons (Fsp3) is 0.650. The fourth-order valence-corrected chi connectivity index (χ4v) is 3.82. The van der Waals surface area contributed by atoms with E-state index >= 15 is 4.39 Å². The molecule has 0 aromatic heterocycles. The molecular formula is C20H33FN6O4. The number of hydrogen-bond donors (Lipinski definition) is 4. The number of nitrogens with one attached hydrogen (secondary N) is 2. The summed E-state index contributed by atoms with van der Waals surface area (Å²) in [5, 5.41) is 10.0. The van der Waals surface area contributed by atoms with Crippen LogP contribution in [0.4, 0.5) is 4.39 Å². The normalized spacial score (nSPS) is 19.5. The van der Waals surface area contributed by atoms with Crippen molar-refractivity contribution in [2.24, 2.45) is 22.6 Å². The number of allylic oxidation sites excluding steroid dienone is 1. The quantitative estimate of drug-likeness (QED) is 0.0941. The van der Waals surface area contributed by atoms with Gasteiger partial charge in [-0.3, -0.25) is 25.6 Å². The van der Waals surface area contributed by atoms with Gasteiger partial charge in [0.15, 0.2) is 11.6 Å². The van der Waals surface area contributed by atoms with E-state index in [1.807, 2.05) is 0 Å². The molecule has 0 bridgehead atoms. The number of ether oxygens (including phenoxy) is 1. The Bertz CT molecular complexity index is 698. The van der Waals surface area contributed by atoms with E-state index in [-0.39, 0.29) is 30.3 Å². The maximum Gasteiger partial charge on any atom is 0.243 e. The third-order valence-electron chi connectivity index (χ3n) is 5.44. The minimum Gasteiger partial charge on any atom is -0.387 e. The summed E-state index contributed by atoms with van der Waals surface area (Å²) < 4.78 is 20.3. The van der Waals surface area contributed by atoms with Gasteiger partial charge >= 0.3 is 0 Å². The summed E-state index contributed by atoms with van der Waals surface area (Å²) in [6.07, 6.45) is 4.96. The van der Waals surface area contributed by atoms with Crippen LogP contribution >= 0.6 is 0 Å². The van der Waals surface area contributed by atoms with Gasteiger partial charge in [-0.1, -0.05) is 32.3 Å². The van der Waals surface area contributed by atoms with Crippen molar-refractivity contribution in [3.05, 3.63) is 23.9 Å². The molecule has 1 atom stereocenters. The number of hydroxylamine groups is 2. The minimum atomic E-state index is -0.754. The summed E-state index contributed by atoms with van der Waals surface area (Å²) >= 11 is 0. The number of hydrazine groups is 1. The first-order valence-electron chi connectivity index (χ1n) is 10.5. The zero-order valence-electron chi connectivity index (χ0n) is 18.0. The molecule has 0 aromatic rings. The lowest BCUT2D eigenvalue weighted by atomic mass is 9.92. The molecule has 0 radical (unpaired) electrons. The summed E-state index contributed by atoms with van der Waals surface area (Å²) in [4.78, 5) is 29.2. The number of nitrogens with two attached hydrogens (primary N) is 1. The van der Waals surface area contributed by atoms with Crippen molar-refractivity contribution in [2.75, 3.05) is 32.8 Å². The zero-order chi connectivity index (χ0) is 22.8. The molecule has 2 rings (SSSR count). The van der Waals surface area contributed by atoms with Crippen LogP contribution in [0, 0.1) is 11.8 Å². The number of amides is 2. The molecule has 174 valence electrons. The number of rotatable bonds is 11. The number of carbonyl (C=O) groups excluding carboxylic acids is 2. The van der Waals surface area contributed by atoms with Gasteiger partial charge in [-0.25, -0.2) is 14.4 Å². The number of amidine groups is 1. The zero-order valence-corrected chi connectivity index (χ0v) is 18.0. The van der Waals surface area contributed by atoms with Crippen LogP contribution in [0.3, 0.4) is 0 Å². The van der Waals surface area contributed by atoms with Crippen LogP contribution in [0.15, 0.2) is 28.9 Å². The van der Waals surface area contributed by atoms with Crippen LogP contribution in [0.2, 0.25) is 0 Å². The van der Waals surface area contributed by atoms with E-state index in [9.17, 15) is 14.8 Å². The van der Waals surface area contributed by atoms with E-state index in [1.54, 1.807) is 4.90 Å². The Morgan fingerprint density at radius 1 is 1.39 bits per heavy atom. The number of morpholine rings is 1. The Balaban J connectivity index is 2.09. The topological polar surface area (TPSA) is 133 Å². The van der Waals surface area contributed by atoms with Crippen LogP contribution < -0.4 is 16.6 Å².